The molecule has 1 aliphatic rings. The van der Waals surface area contributed by atoms with Crippen LogP contribution in [0.2, 0.25) is 0 Å². The Morgan fingerprint density at radius 2 is 2.00 bits per heavy atom. The van der Waals surface area contributed by atoms with Crippen LogP contribution in [0.5, 0.6) is 0 Å². The number of nitrogens with zero attached hydrogens (tertiary/aromatic N) is 4. The third-order valence-electron chi connectivity index (χ3n) is 3.53. The average molecular weight is 281 g/mol. The molecule has 1 N–H and O–H groups in total. The lowest BCUT2D eigenvalue weighted by atomic mass is 10.1. The molecule has 104 valence electrons. The monoisotopic (exact) mass is 281 g/mol. The summed E-state index contributed by atoms with van der Waals surface area (Å²) in [5.74, 6) is 0.687. The van der Waals surface area contributed by atoms with Gasteiger partial charge in [-0.05, 0) is 30.7 Å². The molecule has 0 saturated heterocycles. The molecule has 4 rings (SSSR count). The zero-order valence-electron chi connectivity index (χ0n) is 11.1. The van der Waals surface area contributed by atoms with Crippen molar-refractivity contribution in [2.45, 2.75) is 6.42 Å². The molecule has 0 fully saturated rings. The number of anilines is 1. The first-order valence-electron chi connectivity index (χ1n) is 6.71. The fourth-order valence-corrected chi connectivity index (χ4v) is 2.57. The summed E-state index contributed by atoms with van der Waals surface area (Å²) >= 11 is 0. The van der Waals surface area contributed by atoms with Gasteiger partial charge in [0.1, 0.15) is 23.0 Å². The van der Waals surface area contributed by atoms with Crippen LogP contribution in [0.25, 0.3) is 17.1 Å². The minimum Gasteiger partial charge on any atom is -0.369 e. The summed E-state index contributed by atoms with van der Waals surface area (Å²) in [5, 5.41) is 7.96. The molecule has 0 amide bonds. The van der Waals surface area contributed by atoms with E-state index in [2.05, 4.69) is 20.4 Å². The molecular weight excluding hydrogens is 269 g/mol. The maximum Gasteiger partial charge on any atom is 0.133 e. The van der Waals surface area contributed by atoms with Gasteiger partial charge >= 0.3 is 0 Å². The highest BCUT2D eigenvalue weighted by atomic mass is 19.1. The molecule has 0 radical (unpaired) electrons. The third kappa shape index (κ3) is 1.96. The van der Waals surface area contributed by atoms with Gasteiger partial charge in [0.2, 0.25) is 0 Å². The summed E-state index contributed by atoms with van der Waals surface area (Å²) in [5.41, 5.74) is 3.52. The van der Waals surface area contributed by atoms with Crippen molar-refractivity contribution in [2.75, 3.05) is 11.9 Å². The Hall–Kier alpha value is -2.76. The molecule has 0 atom stereocenters. The van der Waals surface area contributed by atoms with E-state index in [1.54, 1.807) is 35.4 Å². The van der Waals surface area contributed by atoms with Gasteiger partial charge in [0.05, 0.1) is 11.9 Å². The van der Waals surface area contributed by atoms with Crippen molar-refractivity contribution in [1.82, 2.24) is 19.7 Å². The molecular formula is C15H12FN5. The Morgan fingerprint density at radius 3 is 2.76 bits per heavy atom. The zero-order valence-corrected chi connectivity index (χ0v) is 11.1. The summed E-state index contributed by atoms with van der Waals surface area (Å²) in [6, 6.07) is 6.28. The van der Waals surface area contributed by atoms with Crippen LogP contribution >= 0.6 is 0 Å². The lowest BCUT2D eigenvalue weighted by Crippen LogP contribution is -2.04. The highest BCUT2D eigenvalue weighted by molar-refractivity contribution is 5.70. The van der Waals surface area contributed by atoms with Crippen molar-refractivity contribution in [2.24, 2.45) is 0 Å². The quantitative estimate of drug-likeness (QED) is 0.784. The molecule has 1 aliphatic heterocycles. The van der Waals surface area contributed by atoms with E-state index < -0.39 is 0 Å². The largest absolute Gasteiger partial charge is 0.369 e. The Bertz CT molecular complexity index is 780. The maximum atomic E-state index is 13.1. The van der Waals surface area contributed by atoms with E-state index in [9.17, 15) is 4.39 Å². The molecule has 0 aliphatic carbocycles. The van der Waals surface area contributed by atoms with Crippen molar-refractivity contribution in [3.63, 3.8) is 0 Å². The van der Waals surface area contributed by atoms with E-state index in [0.29, 0.717) is 0 Å². The molecule has 0 bridgehead atoms. The summed E-state index contributed by atoms with van der Waals surface area (Å²) in [7, 11) is 0. The van der Waals surface area contributed by atoms with E-state index in [4.69, 9.17) is 0 Å². The van der Waals surface area contributed by atoms with Crippen molar-refractivity contribution >= 4 is 5.82 Å². The standard InChI is InChI=1S/C15H12FN5/c16-10-1-3-11(4-2-10)21-15-12(5-6-19-15)14(20-21)13-9-17-7-8-18-13/h1-4,7-9,19H,5-6H2. The van der Waals surface area contributed by atoms with Crippen LogP contribution in [0.1, 0.15) is 5.56 Å². The summed E-state index contributed by atoms with van der Waals surface area (Å²) in [6.45, 7) is 0.863. The minimum absolute atomic E-state index is 0.260. The molecule has 0 unspecified atom stereocenters. The number of nitrogens with one attached hydrogen (secondary N) is 1. The first-order valence-corrected chi connectivity index (χ1v) is 6.71. The smallest absolute Gasteiger partial charge is 0.133 e. The first-order chi connectivity index (χ1) is 10.3. The highest BCUT2D eigenvalue weighted by Crippen LogP contribution is 2.33. The Balaban J connectivity index is 1.88. The third-order valence-corrected chi connectivity index (χ3v) is 3.53. The second-order valence-corrected chi connectivity index (χ2v) is 4.83. The topological polar surface area (TPSA) is 55.6 Å². The van der Waals surface area contributed by atoms with Gasteiger partial charge in [0, 0.05) is 24.5 Å². The maximum absolute atomic E-state index is 13.1. The lowest BCUT2D eigenvalue weighted by Gasteiger charge is -2.05. The van der Waals surface area contributed by atoms with E-state index >= 15 is 0 Å². The first kappa shape index (κ1) is 12.0. The van der Waals surface area contributed by atoms with Gasteiger partial charge in [-0.2, -0.15) is 5.10 Å². The molecule has 2 aromatic heterocycles. The van der Waals surface area contributed by atoms with E-state index in [1.807, 2.05) is 0 Å². The molecule has 3 aromatic rings. The lowest BCUT2D eigenvalue weighted by molar-refractivity contribution is 0.627. The fraction of sp³-hybridized carbons (Fsp3) is 0.133. The van der Waals surface area contributed by atoms with Crippen LogP contribution < -0.4 is 5.32 Å². The van der Waals surface area contributed by atoms with Crippen LogP contribution in [0.15, 0.2) is 42.9 Å². The average Bonchev–Trinajstić information content (AvgIpc) is 3.11. The number of hydrogen-bond donors (Lipinski definition) is 1. The van der Waals surface area contributed by atoms with E-state index in [0.717, 1.165) is 41.4 Å². The molecule has 5 nitrogen and oxygen atoms in total. The van der Waals surface area contributed by atoms with Gasteiger partial charge < -0.3 is 5.32 Å². The minimum atomic E-state index is -0.260. The Labute approximate surface area is 120 Å². The second kappa shape index (κ2) is 4.66. The predicted octanol–water partition coefficient (Wildman–Crippen LogP) is 2.44. The van der Waals surface area contributed by atoms with Crippen molar-refractivity contribution in [3.05, 3.63) is 54.2 Å². The van der Waals surface area contributed by atoms with Crippen LogP contribution in [-0.4, -0.2) is 26.3 Å². The van der Waals surface area contributed by atoms with Crippen molar-refractivity contribution < 1.29 is 4.39 Å². The number of fused-ring (bicyclic) bond motifs is 1. The van der Waals surface area contributed by atoms with Crippen molar-refractivity contribution in [3.8, 4) is 17.1 Å². The van der Waals surface area contributed by atoms with Gasteiger partial charge in [-0.3, -0.25) is 9.97 Å². The number of hydrogen-bond acceptors (Lipinski definition) is 4. The predicted molar refractivity (Wildman–Crippen MR) is 76.7 cm³/mol. The van der Waals surface area contributed by atoms with Crippen LogP contribution in [-0.2, 0) is 6.42 Å². The molecule has 6 heteroatoms. The van der Waals surface area contributed by atoms with Crippen molar-refractivity contribution in [1.29, 1.82) is 0 Å². The fourth-order valence-electron chi connectivity index (χ4n) is 2.57. The second-order valence-electron chi connectivity index (χ2n) is 4.83. The molecule has 3 heterocycles. The zero-order chi connectivity index (χ0) is 14.2. The Morgan fingerprint density at radius 1 is 1.14 bits per heavy atom. The SMILES string of the molecule is Fc1ccc(-n2nc(-c3cnccn3)c3c2NCC3)cc1. The summed E-state index contributed by atoms with van der Waals surface area (Å²) in [4.78, 5) is 8.42. The normalized spacial score (nSPS) is 13.0. The van der Waals surface area contributed by atoms with E-state index in [-0.39, 0.29) is 5.82 Å². The van der Waals surface area contributed by atoms with Gasteiger partial charge in [-0.25, -0.2) is 9.07 Å². The summed E-state index contributed by atoms with van der Waals surface area (Å²) in [6.07, 6.45) is 5.89. The van der Waals surface area contributed by atoms with Crippen LogP contribution in [0.4, 0.5) is 10.2 Å². The number of rotatable bonds is 2. The van der Waals surface area contributed by atoms with Crippen LogP contribution in [0.3, 0.4) is 0 Å². The number of aromatic nitrogens is 4. The number of benzene rings is 1. The molecule has 21 heavy (non-hydrogen) atoms. The van der Waals surface area contributed by atoms with Gasteiger partial charge in [0.25, 0.3) is 0 Å². The van der Waals surface area contributed by atoms with Gasteiger partial charge in [-0.15, -0.1) is 0 Å². The van der Waals surface area contributed by atoms with Gasteiger partial charge in [0.15, 0.2) is 0 Å². The summed E-state index contributed by atoms with van der Waals surface area (Å²) < 4.78 is 14.9. The molecule has 0 saturated carbocycles. The highest BCUT2D eigenvalue weighted by Gasteiger charge is 2.24. The van der Waals surface area contributed by atoms with Gasteiger partial charge in [-0.1, -0.05) is 0 Å². The Kier molecular flexibility index (Phi) is 2.67. The number of halogens is 1. The molecule has 1 aromatic carbocycles. The molecule has 0 spiro atoms. The van der Waals surface area contributed by atoms with E-state index in [1.165, 1.54) is 12.1 Å². The van der Waals surface area contributed by atoms with Crippen LogP contribution in [0, 0.1) is 5.82 Å².